The highest BCUT2D eigenvalue weighted by atomic mass is 35.5. The second kappa shape index (κ2) is 6.13. The van der Waals surface area contributed by atoms with E-state index in [0.717, 1.165) is 16.9 Å². The van der Waals surface area contributed by atoms with Crippen LogP contribution in [0.25, 0.3) is 0 Å². The highest BCUT2D eigenvalue weighted by molar-refractivity contribution is 7.16. The molecule has 2 aliphatic rings. The van der Waals surface area contributed by atoms with Gasteiger partial charge in [0.05, 0.1) is 4.34 Å². The van der Waals surface area contributed by atoms with Gasteiger partial charge in [-0.3, -0.25) is 4.90 Å². The summed E-state index contributed by atoms with van der Waals surface area (Å²) in [6.45, 7) is 5.75. The van der Waals surface area contributed by atoms with Crippen LogP contribution in [0.15, 0.2) is 6.07 Å². The van der Waals surface area contributed by atoms with Crippen LogP contribution >= 0.6 is 22.9 Å². The predicted molar refractivity (Wildman–Crippen MR) is 83.3 cm³/mol. The molecule has 0 saturated heterocycles. The molecule has 1 saturated carbocycles. The molecule has 1 N–H and O–H groups in total. The molecular formula is C15H23ClN2S. The van der Waals surface area contributed by atoms with Crippen LogP contribution in [0.1, 0.15) is 49.1 Å². The Bertz CT molecular complexity index is 428. The van der Waals surface area contributed by atoms with Gasteiger partial charge in [-0.15, -0.1) is 11.3 Å². The van der Waals surface area contributed by atoms with Crippen molar-refractivity contribution in [2.24, 2.45) is 0 Å². The highest BCUT2D eigenvalue weighted by Gasteiger charge is 2.28. The van der Waals surface area contributed by atoms with Crippen molar-refractivity contribution >= 4 is 22.9 Å². The van der Waals surface area contributed by atoms with Gasteiger partial charge in [-0.2, -0.15) is 0 Å². The average Bonchev–Trinajstić information content (AvgIpc) is 3.16. The first kappa shape index (κ1) is 13.9. The van der Waals surface area contributed by atoms with Crippen molar-refractivity contribution in [3.05, 3.63) is 20.8 Å². The summed E-state index contributed by atoms with van der Waals surface area (Å²) in [6.07, 6.45) is 6.58. The van der Waals surface area contributed by atoms with Crippen LogP contribution in [0.4, 0.5) is 0 Å². The molecule has 106 valence electrons. The molecule has 2 aliphatic carbocycles. The topological polar surface area (TPSA) is 15.3 Å². The Morgan fingerprint density at radius 1 is 1.42 bits per heavy atom. The Labute approximate surface area is 125 Å². The molecule has 2 nitrogen and oxygen atoms in total. The Morgan fingerprint density at radius 3 is 3.00 bits per heavy atom. The van der Waals surface area contributed by atoms with Gasteiger partial charge in [0.1, 0.15) is 0 Å². The smallest absolute Gasteiger partial charge is 0.0934 e. The number of likely N-dealkylation sites (N-methyl/N-ethyl adjacent to an activating group) is 1. The molecular weight excluding hydrogens is 276 g/mol. The number of rotatable bonds is 6. The molecule has 0 aliphatic heterocycles. The molecule has 1 unspecified atom stereocenters. The van der Waals surface area contributed by atoms with Crippen LogP contribution in [-0.2, 0) is 6.42 Å². The summed E-state index contributed by atoms with van der Waals surface area (Å²) in [7, 11) is 0. The third-order valence-electron chi connectivity index (χ3n) is 4.34. The maximum absolute atomic E-state index is 6.16. The van der Waals surface area contributed by atoms with Crippen molar-refractivity contribution in [1.82, 2.24) is 10.2 Å². The molecule has 19 heavy (non-hydrogen) atoms. The molecule has 1 heterocycles. The van der Waals surface area contributed by atoms with Crippen LogP contribution in [0.3, 0.4) is 0 Å². The van der Waals surface area contributed by atoms with Crippen LogP contribution in [0, 0.1) is 0 Å². The Hall–Kier alpha value is -0.0900. The number of halogens is 1. The number of nitrogens with one attached hydrogen (secondary N) is 1. The van der Waals surface area contributed by atoms with Crippen molar-refractivity contribution in [3.63, 3.8) is 0 Å². The zero-order valence-corrected chi connectivity index (χ0v) is 13.2. The lowest BCUT2D eigenvalue weighted by atomic mass is 9.94. The summed E-state index contributed by atoms with van der Waals surface area (Å²) in [4.78, 5) is 4.11. The fraction of sp³-hybridized carbons (Fsp3) is 0.733. The molecule has 0 amide bonds. The minimum atomic E-state index is 0.533. The van der Waals surface area contributed by atoms with Crippen LogP contribution in [0.2, 0.25) is 4.34 Å². The Kier molecular flexibility index (Phi) is 4.47. The lowest BCUT2D eigenvalue weighted by Crippen LogP contribution is -2.35. The molecule has 1 atom stereocenters. The SMILES string of the molecule is CCN(CCNC1CCCc2sc(Cl)cc21)C1CC1. The number of thiophene rings is 1. The average molecular weight is 299 g/mol. The van der Waals surface area contributed by atoms with Crippen molar-refractivity contribution in [3.8, 4) is 0 Å². The van der Waals surface area contributed by atoms with Crippen molar-refractivity contribution in [1.29, 1.82) is 0 Å². The minimum Gasteiger partial charge on any atom is -0.309 e. The van der Waals surface area contributed by atoms with Crippen LogP contribution in [-0.4, -0.2) is 30.6 Å². The lowest BCUT2D eigenvalue weighted by Gasteiger charge is -2.26. The zero-order valence-electron chi connectivity index (χ0n) is 11.6. The van der Waals surface area contributed by atoms with Gasteiger partial charge in [0.15, 0.2) is 0 Å². The van der Waals surface area contributed by atoms with Gasteiger partial charge >= 0.3 is 0 Å². The molecule has 0 bridgehead atoms. The number of fused-ring (bicyclic) bond motifs is 1. The number of hydrogen-bond donors (Lipinski definition) is 1. The van der Waals surface area contributed by atoms with Crippen LogP contribution < -0.4 is 5.32 Å². The summed E-state index contributed by atoms with van der Waals surface area (Å²) in [5.74, 6) is 0. The van der Waals surface area contributed by atoms with Gasteiger partial charge in [0.2, 0.25) is 0 Å². The quantitative estimate of drug-likeness (QED) is 0.858. The fourth-order valence-corrected chi connectivity index (χ4v) is 4.54. The molecule has 3 rings (SSSR count). The Balaban J connectivity index is 1.53. The molecule has 0 radical (unpaired) electrons. The molecule has 1 aromatic heterocycles. The standard InChI is InChI=1S/C15H23ClN2S/c1-2-18(11-6-7-11)9-8-17-13-4-3-5-14-12(13)10-15(16)19-14/h10-11,13,17H,2-9H2,1H3. The maximum Gasteiger partial charge on any atom is 0.0934 e. The van der Waals surface area contributed by atoms with Gasteiger partial charge in [0, 0.05) is 30.1 Å². The lowest BCUT2D eigenvalue weighted by molar-refractivity contribution is 0.270. The molecule has 1 fully saturated rings. The van der Waals surface area contributed by atoms with Gasteiger partial charge in [-0.25, -0.2) is 0 Å². The van der Waals surface area contributed by atoms with E-state index in [4.69, 9.17) is 11.6 Å². The van der Waals surface area contributed by atoms with Gasteiger partial charge in [-0.05, 0) is 50.3 Å². The first-order valence-corrected chi connectivity index (χ1v) is 8.73. The fourth-order valence-electron chi connectivity index (χ4n) is 3.15. The summed E-state index contributed by atoms with van der Waals surface area (Å²) in [5, 5.41) is 3.74. The monoisotopic (exact) mass is 298 g/mol. The molecule has 1 aromatic rings. The zero-order chi connectivity index (χ0) is 13.2. The van der Waals surface area contributed by atoms with E-state index in [1.165, 1.54) is 55.6 Å². The summed E-state index contributed by atoms with van der Waals surface area (Å²) < 4.78 is 0.951. The number of hydrogen-bond acceptors (Lipinski definition) is 3. The van der Waals surface area contributed by atoms with Crippen molar-refractivity contribution in [2.75, 3.05) is 19.6 Å². The van der Waals surface area contributed by atoms with E-state index in [-0.39, 0.29) is 0 Å². The van der Waals surface area contributed by atoms with E-state index in [2.05, 4.69) is 23.2 Å². The summed E-state index contributed by atoms with van der Waals surface area (Å²) in [6, 6.07) is 3.59. The van der Waals surface area contributed by atoms with E-state index in [1.807, 2.05) is 0 Å². The second-order valence-corrected chi connectivity index (χ2v) is 7.46. The van der Waals surface area contributed by atoms with Gasteiger partial charge in [-0.1, -0.05) is 18.5 Å². The molecule has 0 spiro atoms. The molecule has 0 aromatic carbocycles. The first-order chi connectivity index (χ1) is 9.28. The van der Waals surface area contributed by atoms with Crippen LogP contribution in [0.5, 0.6) is 0 Å². The van der Waals surface area contributed by atoms with Crippen molar-refractivity contribution < 1.29 is 0 Å². The van der Waals surface area contributed by atoms with E-state index >= 15 is 0 Å². The maximum atomic E-state index is 6.16. The summed E-state index contributed by atoms with van der Waals surface area (Å²) in [5.41, 5.74) is 1.47. The number of aryl methyl sites for hydroxylation is 1. The highest BCUT2D eigenvalue weighted by Crippen LogP contribution is 2.37. The minimum absolute atomic E-state index is 0.533. The van der Waals surface area contributed by atoms with Gasteiger partial charge < -0.3 is 5.32 Å². The van der Waals surface area contributed by atoms with E-state index in [0.29, 0.717) is 6.04 Å². The first-order valence-electron chi connectivity index (χ1n) is 7.53. The normalized spacial score (nSPS) is 22.8. The second-order valence-electron chi connectivity index (χ2n) is 5.69. The molecule has 4 heteroatoms. The van der Waals surface area contributed by atoms with E-state index < -0.39 is 0 Å². The third kappa shape index (κ3) is 3.33. The largest absolute Gasteiger partial charge is 0.309 e. The number of nitrogens with zero attached hydrogens (tertiary/aromatic N) is 1. The van der Waals surface area contributed by atoms with E-state index in [9.17, 15) is 0 Å². The van der Waals surface area contributed by atoms with Gasteiger partial charge in [0.25, 0.3) is 0 Å². The van der Waals surface area contributed by atoms with E-state index in [1.54, 1.807) is 11.3 Å². The van der Waals surface area contributed by atoms with Crippen molar-refractivity contribution in [2.45, 2.75) is 51.1 Å². The Morgan fingerprint density at radius 2 is 2.26 bits per heavy atom. The third-order valence-corrected chi connectivity index (χ3v) is 5.68. The predicted octanol–water partition coefficient (Wildman–Crippen LogP) is 3.85. The summed E-state index contributed by atoms with van der Waals surface area (Å²) >= 11 is 7.92.